The summed E-state index contributed by atoms with van der Waals surface area (Å²) in [4.78, 5) is 13.3. The third-order valence-electron chi connectivity index (χ3n) is 3.58. The average Bonchev–Trinajstić information content (AvgIpc) is 2.83. The molecule has 4 nitrogen and oxygen atoms in total. The van der Waals surface area contributed by atoms with E-state index in [1.54, 1.807) is 7.05 Å². The quantitative estimate of drug-likeness (QED) is 0.908. The van der Waals surface area contributed by atoms with Crippen LogP contribution in [0.4, 0.5) is 4.79 Å². The van der Waals surface area contributed by atoms with E-state index in [4.69, 9.17) is 4.74 Å². The molecule has 0 heterocycles. The van der Waals surface area contributed by atoms with Crippen LogP contribution in [-0.2, 0) is 11.3 Å². The van der Waals surface area contributed by atoms with Gasteiger partial charge in [-0.05, 0) is 18.4 Å². The molecule has 0 aromatic heterocycles. The number of amides is 1. The summed E-state index contributed by atoms with van der Waals surface area (Å²) < 4.78 is 5.22. The van der Waals surface area contributed by atoms with Gasteiger partial charge in [0.05, 0.1) is 12.1 Å². The first-order valence-corrected chi connectivity index (χ1v) is 6.73. The fourth-order valence-corrected chi connectivity index (χ4v) is 2.53. The summed E-state index contributed by atoms with van der Waals surface area (Å²) in [7, 11) is 1.67. The van der Waals surface area contributed by atoms with Crippen LogP contribution in [0.1, 0.15) is 31.2 Å². The fraction of sp³-hybridized carbons (Fsp3) is 0.533. The number of carbonyl (C=O) groups is 1. The smallest absolute Gasteiger partial charge is 0.409 e. The van der Waals surface area contributed by atoms with Gasteiger partial charge in [-0.1, -0.05) is 43.2 Å². The SMILES string of the molecule is CN(CC1(O)CCCC1)C(=O)OCc1ccccc1. The van der Waals surface area contributed by atoms with Crippen LogP contribution in [0.2, 0.25) is 0 Å². The molecule has 0 radical (unpaired) electrons. The Labute approximate surface area is 114 Å². The maximum atomic E-state index is 11.8. The number of benzene rings is 1. The number of aliphatic hydroxyl groups is 1. The number of carbonyl (C=O) groups excluding carboxylic acids is 1. The summed E-state index contributed by atoms with van der Waals surface area (Å²) in [6.07, 6.45) is 3.21. The monoisotopic (exact) mass is 263 g/mol. The van der Waals surface area contributed by atoms with E-state index in [1.165, 1.54) is 4.90 Å². The summed E-state index contributed by atoms with van der Waals surface area (Å²) in [5.74, 6) is 0. The molecule has 1 N–H and O–H groups in total. The van der Waals surface area contributed by atoms with Gasteiger partial charge in [0.15, 0.2) is 0 Å². The first-order chi connectivity index (χ1) is 9.09. The lowest BCUT2D eigenvalue weighted by molar-refractivity contribution is 0.0116. The lowest BCUT2D eigenvalue weighted by Crippen LogP contribution is -2.42. The summed E-state index contributed by atoms with van der Waals surface area (Å²) in [5.41, 5.74) is 0.240. The van der Waals surface area contributed by atoms with Crippen molar-refractivity contribution in [1.82, 2.24) is 4.90 Å². The highest BCUT2D eigenvalue weighted by Crippen LogP contribution is 2.30. The van der Waals surface area contributed by atoms with Crippen LogP contribution in [-0.4, -0.2) is 35.3 Å². The molecule has 19 heavy (non-hydrogen) atoms. The maximum absolute atomic E-state index is 11.8. The number of rotatable bonds is 4. The minimum atomic E-state index is -0.722. The van der Waals surface area contributed by atoms with Gasteiger partial charge in [0.2, 0.25) is 0 Å². The second kappa shape index (κ2) is 6.06. The molecule has 1 aliphatic rings. The Bertz CT molecular complexity index is 413. The van der Waals surface area contributed by atoms with Crippen molar-refractivity contribution in [3.05, 3.63) is 35.9 Å². The van der Waals surface area contributed by atoms with E-state index in [1.807, 2.05) is 30.3 Å². The molecular formula is C15H21NO3. The summed E-state index contributed by atoms with van der Waals surface area (Å²) in [6.45, 7) is 0.614. The highest BCUT2D eigenvalue weighted by molar-refractivity contribution is 5.67. The highest BCUT2D eigenvalue weighted by atomic mass is 16.6. The lowest BCUT2D eigenvalue weighted by Gasteiger charge is -2.28. The predicted octanol–water partition coefficient (Wildman–Crippen LogP) is 2.56. The van der Waals surface area contributed by atoms with E-state index in [0.717, 1.165) is 31.2 Å². The predicted molar refractivity (Wildman–Crippen MR) is 72.7 cm³/mol. The summed E-state index contributed by atoms with van der Waals surface area (Å²) in [6, 6.07) is 9.57. The van der Waals surface area contributed by atoms with Gasteiger partial charge in [-0.25, -0.2) is 4.79 Å². The summed E-state index contributed by atoms with van der Waals surface area (Å²) >= 11 is 0. The fourth-order valence-electron chi connectivity index (χ4n) is 2.53. The Kier molecular flexibility index (Phi) is 4.43. The molecule has 1 amide bonds. The minimum absolute atomic E-state index is 0.266. The van der Waals surface area contributed by atoms with Crippen LogP contribution in [0, 0.1) is 0 Å². The maximum Gasteiger partial charge on any atom is 0.409 e. The van der Waals surface area contributed by atoms with Gasteiger partial charge in [-0.2, -0.15) is 0 Å². The van der Waals surface area contributed by atoms with E-state index in [2.05, 4.69) is 0 Å². The van der Waals surface area contributed by atoms with E-state index >= 15 is 0 Å². The molecule has 1 aliphatic carbocycles. The largest absolute Gasteiger partial charge is 0.445 e. The summed E-state index contributed by atoms with van der Waals surface area (Å²) in [5, 5.41) is 10.2. The third kappa shape index (κ3) is 3.96. The van der Waals surface area contributed by atoms with Gasteiger partial charge in [-0.3, -0.25) is 0 Å². The van der Waals surface area contributed by atoms with Gasteiger partial charge >= 0.3 is 6.09 Å². The molecule has 0 spiro atoms. The molecule has 0 unspecified atom stereocenters. The average molecular weight is 263 g/mol. The molecule has 1 aromatic rings. The Balaban J connectivity index is 1.79. The first-order valence-electron chi connectivity index (χ1n) is 6.73. The molecular weight excluding hydrogens is 242 g/mol. The molecule has 4 heteroatoms. The van der Waals surface area contributed by atoms with E-state index in [9.17, 15) is 9.90 Å². The molecule has 2 rings (SSSR count). The van der Waals surface area contributed by atoms with Crippen molar-refractivity contribution >= 4 is 6.09 Å². The van der Waals surface area contributed by atoms with Crippen LogP contribution in [0.15, 0.2) is 30.3 Å². The first kappa shape index (κ1) is 13.9. The van der Waals surface area contributed by atoms with Gasteiger partial charge in [-0.15, -0.1) is 0 Å². The molecule has 0 bridgehead atoms. The molecule has 104 valence electrons. The zero-order valence-corrected chi connectivity index (χ0v) is 11.3. The standard InChI is InChI=1S/C15H21NO3/c1-16(12-15(18)9-5-6-10-15)14(17)19-11-13-7-3-2-4-8-13/h2-4,7-8,18H,5-6,9-12H2,1H3. The number of nitrogens with zero attached hydrogens (tertiary/aromatic N) is 1. The zero-order valence-electron chi connectivity index (χ0n) is 11.3. The van der Waals surface area contributed by atoms with Crippen molar-refractivity contribution in [2.24, 2.45) is 0 Å². The minimum Gasteiger partial charge on any atom is -0.445 e. The second-order valence-corrected chi connectivity index (χ2v) is 5.33. The molecule has 0 aliphatic heterocycles. The zero-order chi connectivity index (χ0) is 13.7. The van der Waals surface area contributed by atoms with Crippen LogP contribution in [0.3, 0.4) is 0 Å². The van der Waals surface area contributed by atoms with Crippen LogP contribution in [0.25, 0.3) is 0 Å². The van der Waals surface area contributed by atoms with Crippen molar-refractivity contribution in [2.45, 2.75) is 37.9 Å². The van der Waals surface area contributed by atoms with Crippen LogP contribution < -0.4 is 0 Å². The van der Waals surface area contributed by atoms with Crippen molar-refractivity contribution in [1.29, 1.82) is 0 Å². The number of likely N-dealkylation sites (N-methyl/N-ethyl adjacent to an activating group) is 1. The van der Waals surface area contributed by atoms with Crippen molar-refractivity contribution < 1.29 is 14.6 Å². The Morgan fingerprint density at radius 3 is 2.58 bits per heavy atom. The lowest BCUT2D eigenvalue weighted by atomic mass is 10.0. The van der Waals surface area contributed by atoms with Gasteiger partial charge in [0, 0.05) is 7.05 Å². The molecule has 0 saturated heterocycles. The van der Waals surface area contributed by atoms with Crippen molar-refractivity contribution in [2.75, 3.05) is 13.6 Å². The number of hydrogen-bond donors (Lipinski definition) is 1. The van der Waals surface area contributed by atoms with Gasteiger partial charge < -0.3 is 14.7 Å². The Morgan fingerprint density at radius 2 is 1.95 bits per heavy atom. The number of hydrogen-bond acceptors (Lipinski definition) is 3. The third-order valence-corrected chi connectivity index (χ3v) is 3.58. The van der Waals surface area contributed by atoms with Gasteiger partial charge in [0.25, 0.3) is 0 Å². The normalized spacial score (nSPS) is 17.2. The molecule has 1 saturated carbocycles. The van der Waals surface area contributed by atoms with E-state index in [0.29, 0.717) is 6.54 Å². The van der Waals surface area contributed by atoms with Gasteiger partial charge in [0.1, 0.15) is 6.61 Å². The van der Waals surface area contributed by atoms with Crippen LogP contribution in [0.5, 0.6) is 0 Å². The highest BCUT2D eigenvalue weighted by Gasteiger charge is 2.33. The Hall–Kier alpha value is -1.55. The van der Waals surface area contributed by atoms with E-state index < -0.39 is 5.60 Å². The Morgan fingerprint density at radius 1 is 1.32 bits per heavy atom. The van der Waals surface area contributed by atoms with Crippen molar-refractivity contribution in [3.63, 3.8) is 0 Å². The van der Waals surface area contributed by atoms with Crippen LogP contribution >= 0.6 is 0 Å². The van der Waals surface area contributed by atoms with Crippen molar-refractivity contribution in [3.8, 4) is 0 Å². The van der Waals surface area contributed by atoms with E-state index in [-0.39, 0.29) is 12.7 Å². The number of ether oxygens (including phenoxy) is 1. The molecule has 0 atom stereocenters. The molecule has 1 fully saturated rings. The topological polar surface area (TPSA) is 49.8 Å². The second-order valence-electron chi connectivity index (χ2n) is 5.33. The molecule has 1 aromatic carbocycles.